The van der Waals surface area contributed by atoms with Crippen LogP contribution in [-0.2, 0) is 0 Å². The van der Waals surface area contributed by atoms with Gasteiger partial charge in [-0.1, -0.05) is 114 Å². The number of hydrogen-bond donors (Lipinski definition) is 0. The van der Waals surface area contributed by atoms with Crippen LogP contribution in [0.25, 0.3) is 0 Å². The Bertz CT molecular complexity index is 371. The highest BCUT2D eigenvalue weighted by atomic mass is 15.1. The van der Waals surface area contributed by atoms with Gasteiger partial charge in [-0.2, -0.15) is 0 Å². The van der Waals surface area contributed by atoms with Gasteiger partial charge in [-0.15, -0.1) is 0 Å². The van der Waals surface area contributed by atoms with Crippen LogP contribution in [0.2, 0.25) is 78.9 Å². The molecule has 0 aliphatic rings. The van der Waals surface area contributed by atoms with E-state index in [0.29, 0.717) is 0 Å². The summed E-state index contributed by atoms with van der Waals surface area (Å²) in [4.78, 5) is 2.56. The van der Waals surface area contributed by atoms with Gasteiger partial charge < -0.3 is 0 Å². The maximum Gasteiger partial charge on any atom is 0.111 e. The lowest BCUT2D eigenvalue weighted by atomic mass is 9.66. The molecule has 0 aromatic heterocycles. The lowest BCUT2D eigenvalue weighted by molar-refractivity contribution is 0.370. The molecule has 0 heterocycles. The van der Waals surface area contributed by atoms with Crippen LogP contribution in [0.3, 0.4) is 0 Å². The molecule has 0 rings (SSSR count). The fourth-order valence-corrected chi connectivity index (χ4v) is 3.32. The Morgan fingerprint density at radius 2 is 0.679 bits per heavy atom. The minimum absolute atomic E-state index is 1.02. The minimum atomic E-state index is 1.02. The molecule has 28 heavy (non-hydrogen) atoms. The number of nitrogens with zero attached hydrogens (tertiary/aromatic N) is 1. The Kier molecular flexibility index (Phi) is 19.6. The van der Waals surface area contributed by atoms with Gasteiger partial charge in [-0.3, -0.25) is 4.90 Å². The second-order valence-corrected chi connectivity index (χ2v) is 7.48. The molecule has 0 N–H and O–H groups in total. The van der Waals surface area contributed by atoms with Crippen LogP contribution in [0, 0.1) is 0 Å². The highest BCUT2D eigenvalue weighted by molar-refractivity contribution is 6.38. The molecular weight excluding hydrogens is 331 g/mol. The summed E-state index contributed by atoms with van der Waals surface area (Å²) in [5, 5.41) is 0. The maximum absolute atomic E-state index is 2.56. The van der Waals surface area contributed by atoms with Crippen molar-refractivity contribution in [3.63, 3.8) is 0 Å². The lowest BCUT2D eigenvalue weighted by Crippen LogP contribution is -2.25. The molecule has 1 nitrogen and oxygen atoms in total. The van der Waals surface area contributed by atoms with Crippen molar-refractivity contribution < 1.29 is 0 Å². The van der Waals surface area contributed by atoms with E-state index in [-0.39, 0.29) is 0 Å². The summed E-state index contributed by atoms with van der Waals surface area (Å²) in [6.07, 6.45) is 13.9. The molecule has 7 heteroatoms. The standard InChI is InChI=1S/C21H39B6N/c1-22-13-19(14-23-2)7-10-28(11-8-20(15-24-3)16-25-4)12-9-21(17-26-5)18-27-6/h7-9H,10-18H2,1-6H3. The van der Waals surface area contributed by atoms with Gasteiger partial charge in [-0.05, 0) is 0 Å². The number of hydrogen-bond acceptors (Lipinski definition) is 1. The van der Waals surface area contributed by atoms with Crippen LogP contribution in [0.4, 0.5) is 0 Å². The van der Waals surface area contributed by atoms with Gasteiger partial charge in [0.05, 0.1) is 0 Å². The zero-order chi connectivity index (χ0) is 21.0. The van der Waals surface area contributed by atoms with Gasteiger partial charge in [0.25, 0.3) is 0 Å². The van der Waals surface area contributed by atoms with Gasteiger partial charge in [0.15, 0.2) is 0 Å². The van der Waals surface area contributed by atoms with Gasteiger partial charge in [0.2, 0.25) is 0 Å². The first kappa shape index (κ1) is 27.6. The third-order valence-electron chi connectivity index (χ3n) is 4.71. The third-order valence-corrected chi connectivity index (χ3v) is 4.71. The first-order valence-corrected chi connectivity index (χ1v) is 11.1. The van der Waals surface area contributed by atoms with Gasteiger partial charge in [0, 0.05) is 19.6 Å². The Morgan fingerprint density at radius 1 is 0.464 bits per heavy atom. The first-order chi connectivity index (χ1) is 13.6. The van der Waals surface area contributed by atoms with Crippen molar-refractivity contribution in [1.29, 1.82) is 0 Å². The Balaban J connectivity index is 5.23. The Labute approximate surface area is 182 Å². The number of rotatable bonds is 18. The second-order valence-electron chi connectivity index (χ2n) is 7.48. The molecule has 0 amide bonds. The average Bonchev–Trinajstić information content (AvgIpc) is 2.68. The second kappa shape index (κ2) is 19.9. The summed E-state index contributed by atoms with van der Waals surface area (Å²) in [6, 6.07) is 0. The zero-order valence-electron chi connectivity index (χ0n) is 19.5. The molecule has 0 spiro atoms. The van der Waals surface area contributed by atoms with Crippen LogP contribution in [-0.4, -0.2) is 68.2 Å². The van der Waals surface area contributed by atoms with Crippen LogP contribution in [0.15, 0.2) is 34.9 Å². The molecule has 0 atom stereocenters. The topological polar surface area (TPSA) is 3.24 Å². The first-order valence-electron chi connectivity index (χ1n) is 11.1. The van der Waals surface area contributed by atoms with Gasteiger partial charge >= 0.3 is 0 Å². The van der Waals surface area contributed by atoms with E-state index in [1.54, 1.807) is 0 Å². The van der Waals surface area contributed by atoms with Crippen molar-refractivity contribution in [3.8, 4) is 0 Å². The monoisotopic (exact) mass is 371 g/mol. The molecule has 0 aromatic rings. The highest BCUT2D eigenvalue weighted by Crippen LogP contribution is 2.12. The van der Waals surface area contributed by atoms with Crippen molar-refractivity contribution in [3.05, 3.63) is 34.9 Å². The summed E-state index contributed by atoms with van der Waals surface area (Å²) in [5.74, 6) is 0. The quantitative estimate of drug-likeness (QED) is 0.240. The SMILES string of the molecule is C[B]CC(=CCN(CC=C(C[B]C)C[B]C)CC=C(C[B]C)C[B]C)C[B]C. The predicted octanol–water partition coefficient (Wildman–Crippen LogP) is 5.09. The van der Waals surface area contributed by atoms with Crippen LogP contribution < -0.4 is 0 Å². The summed E-state index contributed by atoms with van der Waals surface area (Å²) in [5.41, 5.74) is 4.57. The van der Waals surface area contributed by atoms with E-state index in [9.17, 15) is 0 Å². The van der Waals surface area contributed by atoms with E-state index in [1.807, 2.05) is 0 Å². The van der Waals surface area contributed by atoms with Crippen LogP contribution >= 0.6 is 0 Å². The van der Waals surface area contributed by atoms with Crippen molar-refractivity contribution in [2.24, 2.45) is 0 Å². The Morgan fingerprint density at radius 3 is 0.857 bits per heavy atom. The summed E-state index contributed by atoms with van der Waals surface area (Å²) < 4.78 is 0. The zero-order valence-corrected chi connectivity index (χ0v) is 19.5. The predicted molar refractivity (Wildman–Crippen MR) is 139 cm³/mol. The molecular formula is C21H39B6N. The van der Waals surface area contributed by atoms with Crippen molar-refractivity contribution in [1.82, 2.24) is 4.90 Å². The van der Waals surface area contributed by atoms with E-state index in [0.717, 1.165) is 57.6 Å². The van der Waals surface area contributed by atoms with Crippen LogP contribution in [0.5, 0.6) is 0 Å². The fourth-order valence-electron chi connectivity index (χ4n) is 3.32. The molecule has 0 unspecified atom stereocenters. The molecule has 146 valence electrons. The summed E-state index contributed by atoms with van der Waals surface area (Å²) >= 11 is 0. The van der Waals surface area contributed by atoms with Crippen molar-refractivity contribution >= 4 is 43.7 Å². The van der Waals surface area contributed by atoms with Crippen LogP contribution in [0.1, 0.15) is 0 Å². The number of allylic oxidation sites excluding steroid dienone is 3. The van der Waals surface area contributed by atoms with Crippen molar-refractivity contribution in [2.75, 3.05) is 19.6 Å². The van der Waals surface area contributed by atoms with E-state index in [4.69, 9.17) is 0 Å². The Hall–Kier alpha value is -0.430. The van der Waals surface area contributed by atoms with Gasteiger partial charge in [-0.25, -0.2) is 0 Å². The lowest BCUT2D eigenvalue weighted by Gasteiger charge is -2.20. The van der Waals surface area contributed by atoms with Crippen molar-refractivity contribution in [2.45, 2.75) is 78.9 Å². The molecule has 0 aliphatic carbocycles. The molecule has 0 saturated carbocycles. The van der Waals surface area contributed by atoms with E-state index in [1.165, 1.54) is 16.7 Å². The normalized spacial score (nSPS) is 9.96. The van der Waals surface area contributed by atoms with E-state index in [2.05, 4.69) is 108 Å². The largest absolute Gasteiger partial charge is 0.292 e. The summed E-state index contributed by atoms with van der Waals surface area (Å²) in [6.45, 7) is 15.9. The van der Waals surface area contributed by atoms with E-state index >= 15 is 0 Å². The molecule has 6 radical (unpaired) electrons. The molecule has 0 aliphatic heterocycles. The molecule has 0 fully saturated rings. The fraction of sp³-hybridized carbons (Fsp3) is 0.714. The molecule has 0 aromatic carbocycles. The smallest absolute Gasteiger partial charge is 0.111 e. The minimum Gasteiger partial charge on any atom is -0.292 e. The van der Waals surface area contributed by atoms with E-state index < -0.39 is 0 Å². The highest BCUT2D eigenvalue weighted by Gasteiger charge is 2.05. The molecule has 0 saturated heterocycles. The third kappa shape index (κ3) is 14.6. The molecule has 0 bridgehead atoms. The van der Waals surface area contributed by atoms with Gasteiger partial charge in [0.1, 0.15) is 43.7 Å². The average molecular weight is 370 g/mol. The maximum atomic E-state index is 2.56. The summed E-state index contributed by atoms with van der Waals surface area (Å²) in [7, 11) is 13.6.